The minimum atomic E-state index is -0.450. The number of nitrogens with one attached hydrogen (secondary N) is 3. The van der Waals surface area contributed by atoms with Crippen molar-refractivity contribution in [3.8, 4) is 0 Å². The van der Waals surface area contributed by atoms with Crippen LogP contribution < -0.4 is 10.6 Å². The second-order valence-electron chi connectivity index (χ2n) is 10.7. The maximum atomic E-state index is 12.2. The summed E-state index contributed by atoms with van der Waals surface area (Å²) in [6.07, 6.45) is 8.64. The fourth-order valence-electron chi connectivity index (χ4n) is 5.22. The molecular weight excluding hydrogens is 406 g/mol. The number of likely N-dealkylation sites (tertiary alicyclic amines) is 1. The van der Waals surface area contributed by atoms with E-state index >= 15 is 0 Å². The second kappa shape index (κ2) is 7.94. The van der Waals surface area contributed by atoms with Crippen LogP contribution in [0, 0.1) is 5.41 Å². The molecule has 9 nitrogen and oxygen atoms in total. The largest absolute Gasteiger partial charge is 0.444 e. The van der Waals surface area contributed by atoms with Crippen LogP contribution in [0.4, 0.5) is 22.4 Å². The van der Waals surface area contributed by atoms with E-state index in [2.05, 4.69) is 36.9 Å². The molecule has 0 atom stereocenters. The molecule has 1 amide bonds. The zero-order valence-corrected chi connectivity index (χ0v) is 19.1. The van der Waals surface area contributed by atoms with E-state index in [0.29, 0.717) is 17.9 Å². The molecule has 1 spiro atoms. The normalized spacial score (nSPS) is 20.7. The zero-order chi connectivity index (χ0) is 22.3. The smallest absolute Gasteiger partial charge is 0.410 e. The van der Waals surface area contributed by atoms with Crippen molar-refractivity contribution in [1.29, 1.82) is 0 Å². The number of anilines is 3. The number of nitrogens with zero attached hydrogens (tertiary/aromatic N) is 4. The van der Waals surface area contributed by atoms with Crippen molar-refractivity contribution >= 4 is 23.7 Å². The van der Waals surface area contributed by atoms with E-state index in [9.17, 15) is 4.79 Å². The van der Waals surface area contributed by atoms with Gasteiger partial charge in [0.05, 0.1) is 0 Å². The molecule has 2 aromatic rings. The van der Waals surface area contributed by atoms with Gasteiger partial charge in [-0.25, -0.2) is 9.78 Å². The highest BCUT2D eigenvalue weighted by molar-refractivity contribution is 5.69. The van der Waals surface area contributed by atoms with Gasteiger partial charge in [-0.2, -0.15) is 10.1 Å². The van der Waals surface area contributed by atoms with Gasteiger partial charge in [-0.1, -0.05) is 12.8 Å². The van der Waals surface area contributed by atoms with E-state index in [0.717, 1.165) is 37.6 Å². The topological polar surface area (TPSA) is 108 Å². The number of aromatic nitrogens is 4. The molecule has 32 heavy (non-hydrogen) atoms. The number of carbonyl (C=O) groups is 1. The Morgan fingerprint density at radius 3 is 2.69 bits per heavy atom. The lowest BCUT2D eigenvalue weighted by molar-refractivity contribution is -0.0739. The van der Waals surface area contributed by atoms with Crippen LogP contribution in [0.1, 0.15) is 70.9 Å². The molecule has 2 aliphatic carbocycles. The number of aromatic amines is 1. The second-order valence-corrected chi connectivity index (χ2v) is 10.7. The highest BCUT2D eigenvalue weighted by Crippen LogP contribution is 2.49. The van der Waals surface area contributed by atoms with E-state index in [1.807, 2.05) is 26.8 Å². The lowest BCUT2D eigenvalue weighted by Crippen LogP contribution is -2.66. The van der Waals surface area contributed by atoms with Gasteiger partial charge in [0.2, 0.25) is 5.95 Å². The first-order chi connectivity index (χ1) is 15.3. The van der Waals surface area contributed by atoms with Crippen molar-refractivity contribution < 1.29 is 9.53 Å². The third-order valence-corrected chi connectivity index (χ3v) is 6.70. The predicted molar refractivity (Wildman–Crippen MR) is 122 cm³/mol. The van der Waals surface area contributed by atoms with Crippen LogP contribution in [-0.4, -0.2) is 55.9 Å². The van der Waals surface area contributed by atoms with Crippen molar-refractivity contribution in [2.75, 3.05) is 23.7 Å². The Morgan fingerprint density at radius 1 is 1.22 bits per heavy atom. The number of amides is 1. The van der Waals surface area contributed by atoms with E-state index in [1.165, 1.54) is 31.4 Å². The number of ether oxygens (including phenoxy) is 1. The molecule has 0 radical (unpaired) electrons. The fraction of sp³-hybridized carbons (Fsp3) is 0.652. The van der Waals surface area contributed by atoms with E-state index < -0.39 is 5.60 Å². The van der Waals surface area contributed by atoms with Gasteiger partial charge in [-0.05, 0) is 52.5 Å². The monoisotopic (exact) mass is 439 g/mol. The molecule has 3 heterocycles. The van der Waals surface area contributed by atoms with Gasteiger partial charge in [0.15, 0.2) is 5.82 Å². The number of H-pyrrole nitrogens is 1. The van der Waals surface area contributed by atoms with E-state index in [1.54, 1.807) is 11.1 Å². The molecule has 9 heteroatoms. The van der Waals surface area contributed by atoms with Gasteiger partial charge >= 0.3 is 6.09 Å². The van der Waals surface area contributed by atoms with Gasteiger partial charge in [-0.3, -0.25) is 5.10 Å². The molecule has 3 aliphatic rings. The number of carbonyl (C=O) groups excluding carboxylic acids is 1. The van der Waals surface area contributed by atoms with Crippen LogP contribution in [0.15, 0.2) is 18.3 Å². The van der Waals surface area contributed by atoms with Gasteiger partial charge in [0.25, 0.3) is 0 Å². The highest BCUT2D eigenvalue weighted by atomic mass is 16.6. The Balaban J connectivity index is 1.10. The van der Waals surface area contributed by atoms with Gasteiger partial charge in [-0.15, -0.1) is 0 Å². The van der Waals surface area contributed by atoms with Crippen molar-refractivity contribution in [3.63, 3.8) is 0 Å². The molecule has 2 saturated carbocycles. The van der Waals surface area contributed by atoms with Crippen molar-refractivity contribution in [2.45, 2.75) is 76.9 Å². The van der Waals surface area contributed by atoms with Crippen LogP contribution in [0.3, 0.4) is 0 Å². The molecule has 3 fully saturated rings. The summed E-state index contributed by atoms with van der Waals surface area (Å²) in [7, 11) is 0. The average molecular weight is 440 g/mol. The molecular formula is C23H33N7O2. The number of hydrogen-bond donors (Lipinski definition) is 3. The lowest BCUT2D eigenvalue weighted by atomic mass is 9.61. The zero-order valence-electron chi connectivity index (χ0n) is 19.1. The molecule has 1 aliphatic heterocycles. The third-order valence-electron chi connectivity index (χ3n) is 6.70. The van der Waals surface area contributed by atoms with Crippen molar-refractivity contribution in [2.24, 2.45) is 5.41 Å². The third kappa shape index (κ3) is 4.52. The van der Waals surface area contributed by atoms with Gasteiger partial charge < -0.3 is 20.3 Å². The maximum absolute atomic E-state index is 12.2. The van der Waals surface area contributed by atoms with Crippen LogP contribution in [0.5, 0.6) is 0 Å². The Kier molecular flexibility index (Phi) is 5.22. The molecule has 0 aromatic carbocycles. The summed E-state index contributed by atoms with van der Waals surface area (Å²) >= 11 is 0. The van der Waals surface area contributed by atoms with Crippen molar-refractivity contribution in [1.82, 2.24) is 25.1 Å². The molecule has 5 rings (SSSR count). The Bertz CT molecular complexity index is 963. The van der Waals surface area contributed by atoms with Crippen molar-refractivity contribution in [3.05, 3.63) is 24.0 Å². The molecule has 172 valence electrons. The average Bonchev–Trinajstić information content (AvgIpc) is 3.33. The standard InChI is InChI=1S/C23H33N7O2/c1-22(2,3)32-21(31)30-13-23(14-30)11-16(12-23)25-20-24-9-8-18(27-20)26-19-10-17(28-29-19)15-6-4-5-7-15/h8-10,15-16H,4-7,11-14H2,1-3H3,(H3,24,25,26,27,28,29). The first-order valence-corrected chi connectivity index (χ1v) is 11.7. The summed E-state index contributed by atoms with van der Waals surface area (Å²) in [6, 6.07) is 4.26. The summed E-state index contributed by atoms with van der Waals surface area (Å²) in [6.45, 7) is 7.23. The minimum Gasteiger partial charge on any atom is -0.444 e. The summed E-state index contributed by atoms with van der Waals surface area (Å²) in [5.41, 5.74) is 0.974. The Morgan fingerprint density at radius 2 is 1.97 bits per heavy atom. The summed E-state index contributed by atoms with van der Waals surface area (Å²) in [5.74, 6) is 2.73. The van der Waals surface area contributed by atoms with Crippen LogP contribution >= 0.6 is 0 Å². The Hall–Kier alpha value is -2.84. The number of hydrogen-bond acceptors (Lipinski definition) is 7. The first-order valence-electron chi connectivity index (χ1n) is 11.7. The quantitative estimate of drug-likeness (QED) is 0.633. The van der Waals surface area contributed by atoms with Crippen LogP contribution in [0.25, 0.3) is 0 Å². The van der Waals surface area contributed by atoms with Gasteiger partial charge in [0.1, 0.15) is 11.4 Å². The molecule has 0 unspecified atom stereocenters. The summed E-state index contributed by atoms with van der Waals surface area (Å²) in [4.78, 5) is 22.9. The van der Waals surface area contributed by atoms with E-state index in [4.69, 9.17) is 4.74 Å². The van der Waals surface area contributed by atoms with Crippen LogP contribution in [-0.2, 0) is 4.74 Å². The highest BCUT2D eigenvalue weighted by Gasteiger charge is 2.54. The minimum absolute atomic E-state index is 0.212. The lowest BCUT2D eigenvalue weighted by Gasteiger charge is -2.58. The molecule has 3 N–H and O–H groups in total. The Labute approximate surface area is 188 Å². The first kappa shape index (κ1) is 21.0. The van der Waals surface area contributed by atoms with Crippen LogP contribution in [0.2, 0.25) is 0 Å². The maximum Gasteiger partial charge on any atom is 0.410 e. The predicted octanol–water partition coefficient (Wildman–Crippen LogP) is 4.41. The molecule has 0 bridgehead atoms. The van der Waals surface area contributed by atoms with E-state index in [-0.39, 0.29) is 11.5 Å². The number of rotatable bonds is 5. The molecule has 2 aromatic heterocycles. The SMILES string of the molecule is CC(C)(C)OC(=O)N1CC2(CC(Nc3nccc(Nc4cc(C5CCCC5)[nH]n4)n3)C2)C1. The molecule has 1 saturated heterocycles. The van der Waals surface area contributed by atoms with Gasteiger partial charge in [0, 0.05) is 48.4 Å². The summed E-state index contributed by atoms with van der Waals surface area (Å²) < 4.78 is 5.46. The fourth-order valence-corrected chi connectivity index (χ4v) is 5.22. The summed E-state index contributed by atoms with van der Waals surface area (Å²) in [5, 5.41) is 14.3.